The SMILES string of the molecule is C=C(C)C(=O)OC[Si](O)(O)O[Si](O)(O)O[Si](O)(O)O[Si](O)(O)O[Si](O)(O)CN(CC)CCCCCCCCCCCCCCCCCC. The second-order valence-corrected chi connectivity index (χ2v) is 22.2. The van der Waals surface area contributed by atoms with Crippen molar-refractivity contribution in [2.75, 3.05) is 25.5 Å². The summed E-state index contributed by atoms with van der Waals surface area (Å²) in [7, 11) is -27.9. The van der Waals surface area contributed by atoms with E-state index in [9.17, 15) is 52.8 Å². The Hall–Kier alpha value is -0.306. The van der Waals surface area contributed by atoms with E-state index in [2.05, 4.69) is 34.7 Å². The molecule has 10 N–H and O–H groups in total. The Morgan fingerprint density at radius 2 is 0.917 bits per heavy atom. The molecule has 0 unspecified atom stereocenters. The van der Waals surface area contributed by atoms with E-state index < -0.39 is 63.1 Å². The van der Waals surface area contributed by atoms with Crippen molar-refractivity contribution >= 4 is 50.7 Å². The molecule has 286 valence electrons. The first-order chi connectivity index (χ1) is 22.1. The number of unbranched alkanes of at least 4 members (excludes halogenated alkanes) is 15. The molecule has 0 atom stereocenters. The van der Waals surface area contributed by atoms with E-state index in [1.807, 2.05) is 0 Å². The van der Waals surface area contributed by atoms with Gasteiger partial charge in [-0.25, -0.2) is 4.79 Å². The fourth-order valence-electron chi connectivity index (χ4n) is 4.70. The number of hydrogen-bond donors (Lipinski definition) is 10. The van der Waals surface area contributed by atoms with Crippen molar-refractivity contribution in [2.45, 2.75) is 124 Å². The Bertz CT molecular complexity index is 900. The first kappa shape index (κ1) is 47.7. The van der Waals surface area contributed by atoms with Gasteiger partial charge in [-0.15, -0.1) is 0 Å². The molecule has 22 heteroatoms. The molecule has 0 spiro atoms. The quantitative estimate of drug-likeness (QED) is 0.0191. The summed E-state index contributed by atoms with van der Waals surface area (Å²) in [6.07, 6.45) is 17.6. The van der Waals surface area contributed by atoms with Crippen LogP contribution < -0.4 is 0 Å². The summed E-state index contributed by atoms with van der Waals surface area (Å²) >= 11 is 0. The number of carbonyl (C=O) groups excluding carboxylic acids is 1. The van der Waals surface area contributed by atoms with Gasteiger partial charge in [0.05, 0.1) is 6.17 Å². The molecule has 0 aromatic heterocycles. The molecule has 17 nitrogen and oxygen atoms in total. The Morgan fingerprint density at radius 3 is 1.29 bits per heavy atom. The van der Waals surface area contributed by atoms with Crippen molar-refractivity contribution in [3.63, 3.8) is 0 Å². The predicted octanol–water partition coefficient (Wildman–Crippen LogP) is -0.0585. The molecule has 0 aliphatic heterocycles. The minimum Gasteiger partial charge on any atom is -0.458 e. The van der Waals surface area contributed by atoms with Gasteiger partial charge in [0.2, 0.25) is 0 Å². The summed E-state index contributed by atoms with van der Waals surface area (Å²) < 4.78 is 21.5. The van der Waals surface area contributed by atoms with Gasteiger partial charge in [0.1, 0.15) is 0 Å². The number of rotatable bonds is 31. The summed E-state index contributed by atoms with van der Waals surface area (Å²) in [6, 6.07) is 0. The van der Waals surface area contributed by atoms with E-state index in [-0.39, 0.29) is 5.57 Å². The molecule has 0 aliphatic carbocycles. The standard InChI is InChI=1S/C26H61NO16Si5/c1-5-7-8-9-10-11-12-13-14-15-16-17-18-19-20-21-22-27(6-2)23-44(29,30)40-46(33,34)42-48(37,38)43-47(35,36)41-45(31,32)24-39-26(28)25(3)4/h29-38H,3,5-24H2,1-2,4H3. The maximum Gasteiger partial charge on any atom is 0.662 e. The third kappa shape index (κ3) is 26.5. The zero-order valence-electron chi connectivity index (χ0n) is 28.7. The molecular weight excluding hydrogens is 723 g/mol. The lowest BCUT2D eigenvalue weighted by Gasteiger charge is -2.32. The Balaban J connectivity index is 4.47. The van der Waals surface area contributed by atoms with Gasteiger partial charge < -0.3 is 69.2 Å². The number of hydrogen-bond acceptors (Lipinski definition) is 17. The van der Waals surface area contributed by atoms with Crippen LogP contribution in [0.4, 0.5) is 0 Å². The zero-order valence-corrected chi connectivity index (χ0v) is 33.7. The highest BCUT2D eigenvalue weighted by molar-refractivity contribution is 6.78. The van der Waals surface area contributed by atoms with Crippen LogP contribution in [0.5, 0.6) is 0 Å². The van der Waals surface area contributed by atoms with Crippen LogP contribution in [0.1, 0.15) is 124 Å². The molecule has 0 bridgehead atoms. The summed E-state index contributed by atoms with van der Waals surface area (Å²) in [5.41, 5.74) is -0.125. The fourth-order valence-corrected chi connectivity index (χ4v) is 14.3. The molecule has 0 heterocycles. The van der Waals surface area contributed by atoms with Gasteiger partial charge in [-0.1, -0.05) is 117 Å². The molecule has 0 aliphatic rings. The number of ether oxygens (including phenoxy) is 1. The third-order valence-corrected chi connectivity index (χ3v) is 17.4. The van der Waals surface area contributed by atoms with Crippen molar-refractivity contribution in [3.8, 4) is 0 Å². The summed E-state index contributed by atoms with van der Waals surface area (Å²) in [6.45, 7) is 9.31. The minimum atomic E-state index is -6.00. The third-order valence-electron chi connectivity index (χ3n) is 7.07. The van der Waals surface area contributed by atoms with Crippen molar-refractivity contribution in [2.24, 2.45) is 0 Å². The second-order valence-electron chi connectivity index (χ2n) is 12.1. The number of carbonyl (C=O) groups is 1. The van der Waals surface area contributed by atoms with Crippen LogP contribution in [0, 0.1) is 0 Å². The molecule has 0 aromatic carbocycles. The Kier molecular flexibility index (Phi) is 23.9. The summed E-state index contributed by atoms with van der Waals surface area (Å²) in [4.78, 5) is 113. The average Bonchev–Trinajstić information content (AvgIpc) is 2.92. The van der Waals surface area contributed by atoms with Crippen LogP contribution in [0.3, 0.4) is 0 Å². The van der Waals surface area contributed by atoms with Gasteiger partial charge in [-0.2, -0.15) is 0 Å². The van der Waals surface area contributed by atoms with Gasteiger partial charge in [0.25, 0.3) is 0 Å². The normalized spacial score (nSPS) is 13.4. The highest BCUT2D eigenvalue weighted by Gasteiger charge is 2.62. The van der Waals surface area contributed by atoms with Crippen LogP contribution in [0.15, 0.2) is 12.2 Å². The number of nitrogens with zero attached hydrogens (tertiary/aromatic N) is 1. The van der Waals surface area contributed by atoms with Gasteiger partial charge >= 0.3 is 50.7 Å². The highest BCUT2D eigenvalue weighted by atomic mass is 28.5. The lowest BCUT2D eigenvalue weighted by Crippen LogP contribution is -2.68. The molecule has 0 amide bonds. The van der Waals surface area contributed by atoms with Crippen molar-refractivity contribution in [1.82, 2.24) is 4.90 Å². The van der Waals surface area contributed by atoms with Crippen molar-refractivity contribution in [1.29, 1.82) is 0 Å². The van der Waals surface area contributed by atoms with E-state index in [0.717, 1.165) is 25.7 Å². The molecule has 48 heavy (non-hydrogen) atoms. The van der Waals surface area contributed by atoms with Gasteiger partial charge in [0.15, 0.2) is 6.23 Å². The predicted molar refractivity (Wildman–Crippen MR) is 183 cm³/mol. The van der Waals surface area contributed by atoms with E-state index in [0.29, 0.717) is 13.1 Å². The molecule has 0 saturated carbocycles. The van der Waals surface area contributed by atoms with Crippen LogP contribution in [0.25, 0.3) is 0 Å². The van der Waals surface area contributed by atoms with Gasteiger partial charge in [0, 0.05) is 5.57 Å². The molecule has 0 rings (SSSR count). The largest absolute Gasteiger partial charge is 0.662 e. The van der Waals surface area contributed by atoms with Crippen LogP contribution in [-0.4, -0.2) is 129 Å². The van der Waals surface area contributed by atoms with E-state index in [1.54, 1.807) is 11.8 Å². The molecule has 0 radical (unpaired) electrons. The number of esters is 1. The van der Waals surface area contributed by atoms with Gasteiger partial charge in [-0.05, 0) is 26.4 Å². The first-order valence-electron chi connectivity index (χ1n) is 16.7. The molecular formula is C26H61NO16Si5. The Morgan fingerprint density at radius 1 is 0.562 bits per heavy atom. The molecule has 0 saturated heterocycles. The second kappa shape index (κ2) is 24.0. The average molecular weight is 784 g/mol. The topological polar surface area (TPSA) is 269 Å². The monoisotopic (exact) mass is 783 g/mol. The van der Waals surface area contributed by atoms with Crippen LogP contribution in [0.2, 0.25) is 0 Å². The van der Waals surface area contributed by atoms with Gasteiger partial charge in [-0.3, -0.25) is 4.90 Å². The lowest BCUT2D eigenvalue weighted by atomic mass is 10.0. The van der Waals surface area contributed by atoms with Crippen LogP contribution in [-0.2, 0) is 26.0 Å². The van der Waals surface area contributed by atoms with Crippen molar-refractivity contribution in [3.05, 3.63) is 12.2 Å². The lowest BCUT2D eigenvalue weighted by molar-refractivity contribution is -0.138. The maximum atomic E-state index is 11.4. The summed E-state index contributed by atoms with van der Waals surface area (Å²) in [5.74, 6) is -1.07. The minimum absolute atomic E-state index is 0.125. The van der Waals surface area contributed by atoms with E-state index in [1.165, 1.54) is 84.0 Å². The Labute approximate surface area is 290 Å². The fraction of sp³-hybridized carbons (Fsp3) is 0.885. The van der Waals surface area contributed by atoms with E-state index >= 15 is 0 Å². The van der Waals surface area contributed by atoms with E-state index in [4.69, 9.17) is 0 Å². The smallest absolute Gasteiger partial charge is 0.458 e. The van der Waals surface area contributed by atoms with Crippen LogP contribution >= 0.6 is 0 Å². The van der Waals surface area contributed by atoms with Crippen molar-refractivity contribution < 1.29 is 73.9 Å². The molecule has 0 aromatic rings. The maximum absolute atomic E-state index is 11.4. The first-order valence-corrected chi connectivity index (χ1v) is 25.9. The highest BCUT2D eigenvalue weighted by Crippen LogP contribution is 2.18. The zero-order chi connectivity index (χ0) is 36.9. The molecule has 0 fully saturated rings. The summed E-state index contributed by atoms with van der Waals surface area (Å²) in [5, 5.41) is 0.